The Balaban J connectivity index is 0.00000256. The second-order valence-electron chi connectivity index (χ2n) is 7.26. The van der Waals surface area contributed by atoms with Crippen LogP contribution in [0.3, 0.4) is 0 Å². The lowest BCUT2D eigenvalue weighted by Crippen LogP contribution is -2.47. The van der Waals surface area contributed by atoms with Crippen LogP contribution in [0.15, 0.2) is 48.5 Å². The summed E-state index contributed by atoms with van der Waals surface area (Å²) in [5.41, 5.74) is 0.994. The number of piperazine rings is 1. The Labute approximate surface area is 198 Å². The molecular weight excluding hydrogens is 471 g/mol. The Kier molecular flexibility index (Phi) is 12.1. The van der Waals surface area contributed by atoms with Crippen molar-refractivity contribution in [1.82, 2.24) is 9.80 Å². The van der Waals surface area contributed by atoms with E-state index in [1.165, 1.54) is 18.2 Å². The lowest BCUT2D eigenvalue weighted by molar-refractivity contribution is -0.274. The summed E-state index contributed by atoms with van der Waals surface area (Å²) in [6.45, 7) is 5.94. The van der Waals surface area contributed by atoms with Gasteiger partial charge in [0.1, 0.15) is 12.4 Å². The maximum atomic E-state index is 13.5. The van der Waals surface area contributed by atoms with Gasteiger partial charge in [-0.2, -0.15) is 0 Å². The van der Waals surface area contributed by atoms with Gasteiger partial charge < -0.3 is 14.4 Å². The van der Waals surface area contributed by atoms with Crippen LogP contribution in [0, 0.1) is 5.82 Å². The average Bonchev–Trinajstić information content (AvgIpc) is 2.71. The van der Waals surface area contributed by atoms with Crippen molar-refractivity contribution < 1.29 is 27.0 Å². The maximum Gasteiger partial charge on any atom is 0.573 e. The molecule has 2 aromatic rings. The summed E-state index contributed by atoms with van der Waals surface area (Å²) in [5.74, 6) is -0.250. The third-order valence-electron chi connectivity index (χ3n) is 5.06. The largest absolute Gasteiger partial charge is 0.573 e. The number of ether oxygens (including phenoxy) is 2. The summed E-state index contributed by atoms with van der Waals surface area (Å²) in [4.78, 5) is 4.69. The molecule has 0 atom stereocenters. The van der Waals surface area contributed by atoms with Gasteiger partial charge in [0.05, 0.1) is 0 Å². The molecule has 0 N–H and O–H groups in total. The SMILES string of the molecule is Cl.Cl.Fc1ccccc1OCCN1CCN(CCCc2ccc(OC(F)(F)F)cc2)CC1. The number of hydrogen-bond acceptors (Lipinski definition) is 4. The van der Waals surface area contributed by atoms with Crippen molar-refractivity contribution in [2.75, 3.05) is 45.9 Å². The molecule has 1 aliphatic rings. The minimum atomic E-state index is -4.66. The number of nitrogens with zero attached hydrogens (tertiary/aromatic N) is 2. The monoisotopic (exact) mass is 498 g/mol. The van der Waals surface area contributed by atoms with Crippen molar-refractivity contribution in [2.24, 2.45) is 0 Å². The molecule has 1 saturated heterocycles. The van der Waals surface area contributed by atoms with Crippen molar-refractivity contribution in [1.29, 1.82) is 0 Å². The molecule has 1 heterocycles. The van der Waals surface area contributed by atoms with Crippen LogP contribution in [-0.2, 0) is 6.42 Å². The zero-order chi connectivity index (χ0) is 21.4. The van der Waals surface area contributed by atoms with Gasteiger partial charge in [0, 0.05) is 32.7 Å². The van der Waals surface area contributed by atoms with Crippen LogP contribution in [-0.4, -0.2) is 62.0 Å². The highest BCUT2D eigenvalue weighted by atomic mass is 35.5. The van der Waals surface area contributed by atoms with Gasteiger partial charge in [-0.1, -0.05) is 24.3 Å². The van der Waals surface area contributed by atoms with Gasteiger partial charge in [0.25, 0.3) is 0 Å². The predicted molar refractivity (Wildman–Crippen MR) is 121 cm³/mol. The molecule has 0 radical (unpaired) electrons. The van der Waals surface area contributed by atoms with Crippen LogP contribution < -0.4 is 9.47 Å². The Hall–Kier alpha value is -1.74. The molecule has 1 fully saturated rings. The first-order valence-corrected chi connectivity index (χ1v) is 10.1. The standard InChI is InChI=1S/C22H26F4N2O2.2ClH/c23-20-5-1-2-6-21(20)29-17-16-28-14-12-27(13-15-28)11-3-4-18-7-9-19(10-8-18)30-22(24,25)26;;/h1-2,5-10H,3-4,11-17H2;2*1H. The molecule has 0 aliphatic carbocycles. The van der Waals surface area contributed by atoms with Gasteiger partial charge in [-0.05, 0) is 49.2 Å². The molecule has 3 rings (SSSR count). The number of aryl methyl sites for hydroxylation is 1. The average molecular weight is 499 g/mol. The molecule has 0 spiro atoms. The molecule has 0 bridgehead atoms. The van der Waals surface area contributed by atoms with E-state index in [2.05, 4.69) is 14.5 Å². The number of halogens is 6. The quantitative estimate of drug-likeness (QED) is 0.443. The first kappa shape index (κ1) is 28.3. The maximum absolute atomic E-state index is 13.5. The van der Waals surface area contributed by atoms with Crippen LogP contribution >= 0.6 is 24.8 Å². The minimum absolute atomic E-state index is 0. The number of benzene rings is 2. The lowest BCUT2D eigenvalue weighted by Gasteiger charge is -2.34. The van der Waals surface area contributed by atoms with Gasteiger partial charge in [0.2, 0.25) is 0 Å². The Bertz CT molecular complexity index is 786. The Morgan fingerprint density at radius 2 is 1.41 bits per heavy atom. The molecule has 32 heavy (non-hydrogen) atoms. The number of para-hydroxylation sites is 1. The summed E-state index contributed by atoms with van der Waals surface area (Å²) in [6, 6.07) is 12.5. The van der Waals surface area contributed by atoms with E-state index in [9.17, 15) is 17.6 Å². The first-order chi connectivity index (χ1) is 14.4. The minimum Gasteiger partial charge on any atom is -0.489 e. The highest BCUT2D eigenvalue weighted by molar-refractivity contribution is 5.85. The summed E-state index contributed by atoms with van der Waals surface area (Å²) in [5, 5.41) is 0. The molecule has 0 unspecified atom stereocenters. The predicted octanol–water partition coefficient (Wildman–Crippen LogP) is 5.20. The molecular formula is C22H28Cl2F4N2O2. The van der Waals surface area contributed by atoms with E-state index < -0.39 is 6.36 Å². The summed E-state index contributed by atoms with van der Waals surface area (Å²) in [7, 11) is 0. The van der Waals surface area contributed by atoms with Gasteiger partial charge >= 0.3 is 6.36 Å². The second kappa shape index (κ2) is 13.7. The zero-order valence-corrected chi connectivity index (χ0v) is 19.2. The van der Waals surface area contributed by atoms with Gasteiger partial charge in [0.15, 0.2) is 11.6 Å². The topological polar surface area (TPSA) is 24.9 Å². The van der Waals surface area contributed by atoms with Gasteiger partial charge in [-0.3, -0.25) is 4.90 Å². The molecule has 10 heteroatoms. The van der Waals surface area contributed by atoms with E-state index >= 15 is 0 Å². The first-order valence-electron chi connectivity index (χ1n) is 10.1. The Morgan fingerprint density at radius 3 is 2.00 bits per heavy atom. The van der Waals surface area contributed by atoms with Crippen LogP contribution in [0.2, 0.25) is 0 Å². The molecule has 1 aliphatic heterocycles. The number of alkyl halides is 3. The van der Waals surface area contributed by atoms with Crippen LogP contribution in [0.25, 0.3) is 0 Å². The molecule has 0 saturated carbocycles. The summed E-state index contributed by atoms with van der Waals surface area (Å²) < 4.78 is 59.5. The van der Waals surface area contributed by atoms with Gasteiger partial charge in [-0.15, -0.1) is 38.0 Å². The fourth-order valence-electron chi connectivity index (χ4n) is 3.45. The molecule has 4 nitrogen and oxygen atoms in total. The fraction of sp³-hybridized carbons (Fsp3) is 0.455. The molecule has 0 amide bonds. The smallest absolute Gasteiger partial charge is 0.489 e. The van der Waals surface area contributed by atoms with Crippen molar-refractivity contribution >= 4 is 24.8 Å². The third kappa shape index (κ3) is 9.81. The summed E-state index contributed by atoms with van der Waals surface area (Å²) in [6.07, 6.45) is -2.91. The van der Waals surface area contributed by atoms with Crippen molar-refractivity contribution in [3.8, 4) is 11.5 Å². The van der Waals surface area contributed by atoms with E-state index in [0.717, 1.165) is 57.7 Å². The number of rotatable bonds is 9. The molecule has 0 aromatic heterocycles. The number of hydrogen-bond donors (Lipinski definition) is 0. The van der Waals surface area contributed by atoms with Crippen molar-refractivity contribution in [3.63, 3.8) is 0 Å². The van der Waals surface area contributed by atoms with Crippen molar-refractivity contribution in [3.05, 3.63) is 59.9 Å². The van der Waals surface area contributed by atoms with E-state index in [4.69, 9.17) is 4.74 Å². The highest BCUT2D eigenvalue weighted by Crippen LogP contribution is 2.23. The van der Waals surface area contributed by atoms with Crippen molar-refractivity contribution in [2.45, 2.75) is 19.2 Å². The van der Waals surface area contributed by atoms with Crippen LogP contribution in [0.1, 0.15) is 12.0 Å². The van der Waals surface area contributed by atoms with E-state index in [0.29, 0.717) is 6.61 Å². The Morgan fingerprint density at radius 1 is 0.812 bits per heavy atom. The summed E-state index contributed by atoms with van der Waals surface area (Å²) >= 11 is 0. The fourth-order valence-corrected chi connectivity index (χ4v) is 3.45. The lowest BCUT2D eigenvalue weighted by atomic mass is 10.1. The van der Waals surface area contributed by atoms with Crippen LogP contribution in [0.5, 0.6) is 11.5 Å². The van der Waals surface area contributed by atoms with E-state index in [1.807, 2.05) is 0 Å². The second-order valence-corrected chi connectivity index (χ2v) is 7.26. The third-order valence-corrected chi connectivity index (χ3v) is 5.06. The van der Waals surface area contributed by atoms with E-state index in [1.54, 1.807) is 30.3 Å². The normalized spacial score (nSPS) is 14.9. The highest BCUT2D eigenvalue weighted by Gasteiger charge is 2.30. The molecule has 2 aromatic carbocycles. The van der Waals surface area contributed by atoms with Gasteiger partial charge in [-0.25, -0.2) is 4.39 Å². The molecule has 180 valence electrons. The van der Waals surface area contributed by atoms with Crippen LogP contribution in [0.4, 0.5) is 17.6 Å². The zero-order valence-electron chi connectivity index (χ0n) is 17.5. The van der Waals surface area contributed by atoms with E-state index in [-0.39, 0.29) is 42.1 Å².